The van der Waals surface area contributed by atoms with Gasteiger partial charge in [-0.25, -0.2) is 0 Å². The van der Waals surface area contributed by atoms with Crippen molar-refractivity contribution >= 4 is 5.78 Å². The summed E-state index contributed by atoms with van der Waals surface area (Å²) in [6.45, 7) is 3.14. The molecular formula is C21H25NO4. The first-order valence-electron chi connectivity index (χ1n) is 10.0. The van der Waals surface area contributed by atoms with Crippen LogP contribution in [0.4, 0.5) is 0 Å². The molecule has 1 saturated heterocycles. The molecule has 3 fully saturated rings. The number of piperidine rings is 1. The van der Waals surface area contributed by atoms with E-state index in [0.717, 1.165) is 30.0 Å². The Morgan fingerprint density at radius 2 is 2.15 bits per heavy atom. The van der Waals surface area contributed by atoms with E-state index >= 15 is 0 Å². The summed E-state index contributed by atoms with van der Waals surface area (Å²) in [4.78, 5) is 15.2. The van der Waals surface area contributed by atoms with Crippen LogP contribution in [-0.4, -0.2) is 45.2 Å². The Morgan fingerprint density at radius 3 is 2.88 bits per heavy atom. The molecule has 6 rings (SSSR count). The third-order valence-electron chi connectivity index (χ3n) is 8.27. The van der Waals surface area contributed by atoms with E-state index in [4.69, 9.17) is 4.74 Å². The van der Waals surface area contributed by atoms with Gasteiger partial charge in [-0.05, 0) is 50.2 Å². The van der Waals surface area contributed by atoms with Gasteiger partial charge in [-0.15, -0.1) is 0 Å². The zero-order valence-electron chi connectivity index (χ0n) is 15.1. The first-order chi connectivity index (χ1) is 12.5. The highest BCUT2D eigenvalue weighted by Crippen LogP contribution is 2.69. The summed E-state index contributed by atoms with van der Waals surface area (Å²) in [5, 5.41) is 22.4. The molecule has 1 aromatic carbocycles. The predicted octanol–water partition coefficient (Wildman–Crippen LogP) is 2.43. The number of carbonyl (C=O) groups is 1. The number of hydrogen-bond donors (Lipinski definition) is 2. The van der Waals surface area contributed by atoms with E-state index in [2.05, 4.69) is 11.8 Å². The molecule has 2 aliphatic heterocycles. The number of hydrogen-bond acceptors (Lipinski definition) is 5. The van der Waals surface area contributed by atoms with E-state index in [1.165, 1.54) is 19.3 Å². The van der Waals surface area contributed by atoms with Gasteiger partial charge < -0.3 is 14.9 Å². The summed E-state index contributed by atoms with van der Waals surface area (Å²) >= 11 is 0. The third kappa shape index (κ3) is 1.48. The van der Waals surface area contributed by atoms with Crippen LogP contribution in [-0.2, 0) is 10.2 Å². The van der Waals surface area contributed by atoms with Gasteiger partial charge in [0.15, 0.2) is 23.4 Å². The monoisotopic (exact) mass is 355 g/mol. The number of likely N-dealkylation sites (tertiary alicyclic amines) is 1. The zero-order chi connectivity index (χ0) is 17.8. The lowest BCUT2D eigenvalue weighted by Crippen LogP contribution is -2.72. The molecule has 1 aromatic rings. The van der Waals surface area contributed by atoms with E-state index in [1.807, 2.05) is 6.07 Å². The summed E-state index contributed by atoms with van der Waals surface area (Å²) in [5.41, 5.74) is 0.394. The van der Waals surface area contributed by atoms with Gasteiger partial charge in [-0.1, -0.05) is 12.5 Å². The summed E-state index contributed by atoms with van der Waals surface area (Å²) in [7, 11) is 0. The molecule has 26 heavy (non-hydrogen) atoms. The fraction of sp³-hybridized carbons (Fsp3) is 0.667. The van der Waals surface area contributed by atoms with Crippen LogP contribution in [0.2, 0.25) is 0 Å². The molecule has 1 spiro atoms. The topological polar surface area (TPSA) is 70.0 Å². The number of phenolic OH excluding ortho intramolecular Hbond substituents is 1. The normalized spacial score (nSPS) is 43.2. The van der Waals surface area contributed by atoms with Gasteiger partial charge in [0.1, 0.15) is 0 Å². The van der Waals surface area contributed by atoms with Crippen molar-refractivity contribution in [3.8, 4) is 11.5 Å². The molecule has 5 atom stereocenters. The van der Waals surface area contributed by atoms with Gasteiger partial charge in [0.05, 0.1) is 11.0 Å². The van der Waals surface area contributed by atoms with E-state index < -0.39 is 17.1 Å². The van der Waals surface area contributed by atoms with Crippen LogP contribution in [0.25, 0.3) is 0 Å². The Hall–Kier alpha value is -1.59. The number of Topliss-reactive ketones (excluding diaryl/α,β-unsaturated/α-hetero) is 1. The van der Waals surface area contributed by atoms with Crippen LogP contribution < -0.4 is 4.74 Å². The van der Waals surface area contributed by atoms with Crippen LogP contribution in [0.5, 0.6) is 11.5 Å². The van der Waals surface area contributed by atoms with E-state index in [0.29, 0.717) is 18.6 Å². The number of rotatable bonds is 2. The van der Waals surface area contributed by atoms with Crippen molar-refractivity contribution in [2.45, 2.75) is 74.7 Å². The lowest BCUT2D eigenvalue weighted by atomic mass is 9.55. The number of carbonyl (C=O) groups excluding carboxylic acids is 1. The highest BCUT2D eigenvalue weighted by Gasteiger charge is 2.75. The molecule has 0 amide bonds. The maximum absolute atomic E-state index is 12.8. The average molecular weight is 355 g/mol. The maximum Gasteiger partial charge on any atom is 0.174 e. The second-order valence-corrected chi connectivity index (χ2v) is 9.13. The van der Waals surface area contributed by atoms with E-state index in [-0.39, 0.29) is 23.6 Å². The van der Waals surface area contributed by atoms with Crippen LogP contribution in [0, 0.1) is 5.92 Å². The summed E-state index contributed by atoms with van der Waals surface area (Å²) < 4.78 is 6.03. The SMILES string of the molecule is CC1N(CC2CCC2)C2CC34c5c2ccc(O)c5OC3C(=O)CCC14O. The Balaban J connectivity index is 1.58. The maximum atomic E-state index is 12.8. The summed E-state index contributed by atoms with van der Waals surface area (Å²) in [5.74, 6) is 1.32. The number of benzene rings is 1. The number of nitrogens with zero attached hydrogens (tertiary/aromatic N) is 1. The van der Waals surface area contributed by atoms with Crippen molar-refractivity contribution in [3.63, 3.8) is 0 Å². The highest BCUT2D eigenvalue weighted by atomic mass is 16.5. The van der Waals surface area contributed by atoms with Gasteiger partial charge in [0.2, 0.25) is 0 Å². The standard InChI is InChI=1S/C21H25NO4/c1-11-21(25)8-7-16(24)19-20(21)9-14(22(11)10-12-3-2-4-12)13-5-6-15(23)18(26-19)17(13)20/h5-6,11-12,14,19,23,25H,2-4,7-10H2,1H3. The largest absolute Gasteiger partial charge is 0.504 e. The van der Waals surface area contributed by atoms with Crippen molar-refractivity contribution in [1.82, 2.24) is 4.90 Å². The minimum Gasteiger partial charge on any atom is -0.504 e. The molecule has 5 unspecified atom stereocenters. The van der Waals surface area contributed by atoms with Gasteiger partial charge in [0, 0.05) is 30.6 Å². The van der Waals surface area contributed by atoms with Crippen molar-refractivity contribution in [2.24, 2.45) is 5.92 Å². The van der Waals surface area contributed by atoms with Crippen molar-refractivity contribution in [2.75, 3.05) is 6.54 Å². The minimum atomic E-state index is -0.990. The fourth-order valence-corrected chi connectivity index (χ4v) is 6.73. The summed E-state index contributed by atoms with van der Waals surface area (Å²) in [6, 6.07) is 3.86. The third-order valence-corrected chi connectivity index (χ3v) is 8.27. The molecule has 3 aliphatic carbocycles. The quantitative estimate of drug-likeness (QED) is 0.853. The second kappa shape index (κ2) is 4.63. The van der Waals surface area contributed by atoms with Gasteiger partial charge in [0.25, 0.3) is 0 Å². The number of aliphatic hydroxyl groups is 1. The molecule has 5 aliphatic rings. The molecule has 2 N–H and O–H groups in total. The molecule has 2 bridgehead atoms. The predicted molar refractivity (Wildman–Crippen MR) is 94.3 cm³/mol. The molecule has 5 heteroatoms. The molecule has 0 aromatic heterocycles. The van der Waals surface area contributed by atoms with Crippen LogP contribution in [0.15, 0.2) is 12.1 Å². The Labute approximate surface area is 152 Å². The first kappa shape index (κ1) is 15.5. The number of ether oxygens (including phenoxy) is 1. The molecule has 2 saturated carbocycles. The van der Waals surface area contributed by atoms with E-state index in [9.17, 15) is 15.0 Å². The van der Waals surface area contributed by atoms with Crippen molar-refractivity contribution in [1.29, 1.82) is 0 Å². The molecule has 138 valence electrons. The van der Waals surface area contributed by atoms with Crippen molar-refractivity contribution in [3.05, 3.63) is 23.3 Å². The Bertz CT molecular complexity index is 834. The smallest absolute Gasteiger partial charge is 0.174 e. The van der Waals surface area contributed by atoms with Crippen LogP contribution >= 0.6 is 0 Å². The molecule has 0 radical (unpaired) electrons. The Morgan fingerprint density at radius 1 is 1.35 bits per heavy atom. The zero-order valence-corrected chi connectivity index (χ0v) is 15.1. The van der Waals surface area contributed by atoms with Crippen LogP contribution in [0.1, 0.15) is 62.6 Å². The minimum absolute atomic E-state index is 0.0263. The highest BCUT2D eigenvalue weighted by molar-refractivity contribution is 5.90. The number of ketones is 1. The lowest BCUT2D eigenvalue weighted by molar-refractivity contribution is -0.188. The van der Waals surface area contributed by atoms with Crippen LogP contribution in [0.3, 0.4) is 0 Å². The van der Waals surface area contributed by atoms with Gasteiger partial charge >= 0.3 is 0 Å². The van der Waals surface area contributed by atoms with Gasteiger partial charge in [-0.3, -0.25) is 9.69 Å². The molecular weight excluding hydrogens is 330 g/mol. The molecule has 2 heterocycles. The fourth-order valence-electron chi connectivity index (χ4n) is 6.73. The van der Waals surface area contributed by atoms with Crippen molar-refractivity contribution < 1.29 is 19.7 Å². The van der Waals surface area contributed by atoms with Gasteiger partial charge in [-0.2, -0.15) is 0 Å². The lowest BCUT2D eigenvalue weighted by Gasteiger charge is -2.59. The molecule has 5 nitrogen and oxygen atoms in total. The van der Waals surface area contributed by atoms with E-state index in [1.54, 1.807) is 6.07 Å². The summed E-state index contributed by atoms with van der Waals surface area (Å²) in [6.07, 6.45) is 4.76. The number of aromatic hydroxyl groups is 1. The number of phenols is 1. The Kier molecular flexibility index (Phi) is 2.75. The second-order valence-electron chi connectivity index (χ2n) is 9.13. The number of fused-ring (bicyclic) bond motifs is 2. The first-order valence-corrected chi connectivity index (χ1v) is 10.0. The average Bonchev–Trinajstić information content (AvgIpc) is 3.08.